The van der Waals surface area contributed by atoms with E-state index in [9.17, 15) is 4.79 Å². The maximum absolute atomic E-state index is 12.5. The zero-order chi connectivity index (χ0) is 16.2. The van der Waals surface area contributed by atoms with Gasteiger partial charge in [0.1, 0.15) is 5.03 Å². The molecule has 0 bridgehead atoms. The lowest BCUT2D eigenvalue weighted by atomic mass is 10.1. The third-order valence-electron chi connectivity index (χ3n) is 4.00. The molecular formula is C18H19ClN2OS. The average molecular weight is 347 g/mol. The normalized spacial score (nSPS) is 14.8. The van der Waals surface area contributed by atoms with Gasteiger partial charge in [-0.05, 0) is 43.9 Å². The van der Waals surface area contributed by atoms with Crippen LogP contribution in [0.4, 0.5) is 0 Å². The number of rotatable bonds is 3. The zero-order valence-electron chi connectivity index (χ0n) is 13.1. The lowest BCUT2D eigenvalue weighted by Crippen LogP contribution is -2.35. The van der Waals surface area contributed by atoms with E-state index in [1.165, 1.54) is 23.7 Å². The Labute approximate surface area is 146 Å². The summed E-state index contributed by atoms with van der Waals surface area (Å²) in [5.74, 6) is 0.0338. The second kappa shape index (κ2) is 7.37. The van der Waals surface area contributed by atoms with Gasteiger partial charge >= 0.3 is 0 Å². The fraction of sp³-hybridized carbons (Fsp3) is 0.333. The predicted molar refractivity (Wildman–Crippen MR) is 94.3 cm³/mol. The Hall–Kier alpha value is -1.52. The van der Waals surface area contributed by atoms with Crippen molar-refractivity contribution in [1.29, 1.82) is 0 Å². The van der Waals surface area contributed by atoms with Crippen molar-refractivity contribution < 1.29 is 4.79 Å². The van der Waals surface area contributed by atoms with Crippen LogP contribution in [-0.2, 0) is 0 Å². The van der Waals surface area contributed by atoms with Crippen LogP contribution in [0.2, 0.25) is 5.02 Å². The molecule has 0 unspecified atom stereocenters. The van der Waals surface area contributed by atoms with E-state index < -0.39 is 0 Å². The highest BCUT2D eigenvalue weighted by Crippen LogP contribution is 2.33. The number of amides is 1. The van der Waals surface area contributed by atoms with Crippen LogP contribution in [0.3, 0.4) is 0 Å². The standard InChI is InChI=1S/C18H19ClN2OS/c1-13-7-3-4-8-16(13)23-17-15(19)11-14(12-20-17)18(22)21-9-5-2-6-10-21/h3-4,7-8,11-12H,2,5-6,9-10H2,1H3. The summed E-state index contributed by atoms with van der Waals surface area (Å²) in [7, 11) is 0. The Morgan fingerprint density at radius 2 is 1.96 bits per heavy atom. The van der Waals surface area contributed by atoms with Crippen molar-refractivity contribution in [3.63, 3.8) is 0 Å². The van der Waals surface area contributed by atoms with Crippen LogP contribution in [0.15, 0.2) is 46.5 Å². The first-order chi connectivity index (χ1) is 11.1. The molecule has 1 fully saturated rings. The van der Waals surface area contributed by atoms with Crippen LogP contribution in [-0.4, -0.2) is 28.9 Å². The number of pyridine rings is 1. The molecule has 0 spiro atoms. The molecule has 23 heavy (non-hydrogen) atoms. The second-order valence-electron chi connectivity index (χ2n) is 5.73. The van der Waals surface area contributed by atoms with Crippen molar-refractivity contribution in [2.75, 3.05) is 13.1 Å². The molecule has 120 valence electrons. The molecule has 2 heterocycles. The minimum Gasteiger partial charge on any atom is -0.339 e. The summed E-state index contributed by atoms with van der Waals surface area (Å²) in [5, 5.41) is 1.26. The molecule has 3 nitrogen and oxygen atoms in total. The van der Waals surface area contributed by atoms with E-state index in [2.05, 4.69) is 18.0 Å². The van der Waals surface area contributed by atoms with E-state index in [1.54, 1.807) is 12.3 Å². The minimum absolute atomic E-state index is 0.0338. The summed E-state index contributed by atoms with van der Waals surface area (Å²) < 4.78 is 0. The number of nitrogens with zero attached hydrogens (tertiary/aromatic N) is 2. The summed E-state index contributed by atoms with van der Waals surface area (Å²) >= 11 is 7.89. The van der Waals surface area contributed by atoms with Gasteiger partial charge in [0, 0.05) is 24.2 Å². The number of aromatic nitrogens is 1. The minimum atomic E-state index is 0.0338. The molecule has 2 aromatic rings. The van der Waals surface area contributed by atoms with E-state index in [0.717, 1.165) is 35.9 Å². The third kappa shape index (κ3) is 3.88. The van der Waals surface area contributed by atoms with E-state index in [0.29, 0.717) is 10.6 Å². The molecule has 1 aromatic heterocycles. The maximum atomic E-state index is 12.5. The molecular weight excluding hydrogens is 328 g/mol. The molecule has 5 heteroatoms. The lowest BCUT2D eigenvalue weighted by molar-refractivity contribution is 0.0724. The van der Waals surface area contributed by atoms with Gasteiger partial charge < -0.3 is 4.90 Å². The molecule has 0 saturated carbocycles. The molecule has 0 aliphatic carbocycles. The largest absolute Gasteiger partial charge is 0.339 e. The molecule has 0 atom stereocenters. The quantitative estimate of drug-likeness (QED) is 0.798. The first-order valence-electron chi connectivity index (χ1n) is 7.83. The number of likely N-dealkylation sites (tertiary alicyclic amines) is 1. The van der Waals surface area contributed by atoms with Crippen molar-refractivity contribution >= 4 is 29.3 Å². The van der Waals surface area contributed by atoms with Gasteiger partial charge in [-0.15, -0.1) is 0 Å². The van der Waals surface area contributed by atoms with Gasteiger partial charge in [0.05, 0.1) is 10.6 Å². The monoisotopic (exact) mass is 346 g/mol. The summed E-state index contributed by atoms with van der Waals surface area (Å²) in [4.78, 5) is 19.9. The van der Waals surface area contributed by atoms with Crippen LogP contribution < -0.4 is 0 Å². The first-order valence-corrected chi connectivity index (χ1v) is 9.03. The summed E-state index contributed by atoms with van der Waals surface area (Å²) in [6.07, 6.45) is 5.00. The number of hydrogen-bond donors (Lipinski definition) is 0. The fourth-order valence-electron chi connectivity index (χ4n) is 2.67. The zero-order valence-corrected chi connectivity index (χ0v) is 14.7. The van der Waals surface area contributed by atoms with Gasteiger partial charge in [0.25, 0.3) is 5.91 Å². The van der Waals surface area contributed by atoms with Gasteiger partial charge in [-0.2, -0.15) is 0 Å². The summed E-state index contributed by atoms with van der Waals surface area (Å²) in [6, 6.07) is 9.85. The van der Waals surface area contributed by atoms with Crippen molar-refractivity contribution in [1.82, 2.24) is 9.88 Å². The van der Waals surface area contributed by atoms with Crippen LogP contribution in [0.1, 0.15) is 35.2 Å². The summed E-state index contributed by atoms with van der Waals surface area (Å²) in [6.45, 7) is 3.72. The molecule has 3 rings (SSSR count). The van der Waals surface area contributed by atoms with Crippen molar-refractivity contribution in [3.8, 4) is 0 Å². The number of aryl methyl sites for hydroxylation is 1. The van der Waals surface area contributed by atoms with Crippen LogP contribution >= 0.6 is 23.4 Å². The number of halogens is 1. The molecule has 1 aliphatic rings. The van der Waals surface area contributed by atoms with E-state index in [4.69, 9.17) is 11.6 Å². The van der Waals surface area contributed by atoms with Gasteiger partial charge in [-0.1, -0.05) is 41.6 Å². The Kier molecular flexibility index (Phi) is 5.23. The van der Waals surface area contributed by atoms with E-state index >= 15 is 0 Å². The molecule has 1 amide bonds. The number of carbonyl (C=O) groups is 1. The first kappa shape index (κ1) is 16.3. The number of carbonyl (C=O) groups excluding carboxylic acids is 1. The van der Waals surface area contributed by atoms with Crippen molar-refractivity contribution in [3.05, 3.63) is 52.7 Å². The Bertz CT molecular complexity index is 714. The lowest BCUT2D eigenvalue weighted by Gasteiger charge is -2.26. The number of piperidine rings is 1. The second-order valence-corrected chi connectivity index (χ2v) is 7.17. The highest BCUT2D eigenvalue weighted by molar-refractivity contribution is 7.99. The number of benzene rings is 1. The fourth-order valence-corrected chi connectivity index (χ4v) is 3.80. The van der Waals surface area contributed by atoms with Gasteiger partial charge in [-0.25, -0.2) is 4.98 Å². The molecule has 1 saturated heterocycles. The van der Waals surface area contributed by atoms with E-state index in [1.807, 2.05) is 23.1 Å². The van der Waals surface area contributed by atoms with Gasteiger partial charge in [0.2, 0.25) is 0 Å². The highest BCUT2D eigenvalue weighted by atomic mass is 35.5. The smallest absolute Gasteiger partial charge is 0.255 e. The molecule has 1 aromatic carbocycles. The average Bonchev–Trinajstić information content (AvgIpc) is 2.58. The summed E-state index contributed by atoms with van der Waals surface area (Å²) in [5.41, 5.74) is 1.76. The maximum Gasteiger partial charge on any atom is 0.255 e. The van der Waals surface area contributed by atoms with E-state index in [-0.39, 0.29) is 5.91 Å². The SMILES string of the molecule is Cc1ccccc1Sc1ncc(C(=O)N2CCCCC2)cc1Cl. The van der Waals surface area contributed by atoms with Crippen LogP contribution in [0.25, 0.3) is 0 Å². The van der Waals surface area contributed by atoms with Crippen molar-refractivity contribution in [2.24, 2.45) is 0 Å². The third-order valence-corrected chi connectivity index (χ3v) is 5.59. The Morgan fingerprint density at radius 3 is 2.65 bits per heavy atom. The predicted octanol–water partition coefficient (Wildman–Crippen LogP) is 4.82. The Morgan fingerprint density at radius 1 is 1.22 bits per heavy atom. The topological polar surface area (TPSA) is 33.2 Å². The molecule has 0 N–H and O–H groups in total. The molecule has 0 radical (unpaired) electrons. The van der Waals surface area contributed by atoms with Gasteiger partial charge in [0.15, 0.2) is 0 Å². The molecule has 1 aliphatic heterocycles. The Balaban J connectivity index is 1.78. The van der Waals surface area contributed by atoms with Crippen LogP contribution in [0, 0.1) is 6.92 Å². The van der Waals surface area contributed by atoms with Crippen molar-refractivity contribution in [2.45, 2.75) is 36.1 Å². The number of hydrogen-bond acceptors (Lipinski definition) is 3. The highest BCUT2D eigenvalue weighted by Gasteiger charge is 2.19. The van der Waals surface area contributed by atoms with Gasteiger partial charge in [-0.3, -0.25) is 4.79 Å². The van der Waals surface area contributed by atoms with Crippen LogP contribution in [0.5, 0.6) is 0 Å².